The van der Waals surface area contributed by atoms with Gasteiger partial charge in [0, 0.05) is 0 Å². The maximum Gasteiger partial charge on any atom is 0.412 e. The molecule has 0 spiro atoms. The van der Waals surface area contributed by atoms with Gasteiger partial charge in [-0.3, -0.25) is 14.9 Å². The zero-order valence-corrected chi connectivity index (χ0v) is 17.0. The Hall–Kier alpha value is -3.08. The van der Waals surface area contributed by atoms with Gasteiger partial charge in [0.05, 0.1) is 17.3 Å². The molecule has 0 saturated heterocycles. The average Bonchev–Trinajstić information content (AvgIpc) is 2.57. The van der Waals surface area contributed by atoms with Crippen molar-refractivity contribution in [1.29, 1.82) is 5.26 Å². The highest BCUT2D eigenvalue weighted by Crippen LogP contribution is 2.18. The number of carbonyl (C=O) groups is 3. The predicted molar refractivity (Wildman–Crippen MR) is 106 cm³/mol. The Kier molecular flexibility index (Phi) is 8.45. The molecule has 0 bridgehead atoms. The minimum absolute atomic E-state index is 0.139. The van der Waals surface area contributed by atoms with E-state index in [0.717, 1.165) is 0 Å². The van der Waals surface area contributed by atoms with Crippen LogP contribution in [0.2, 0.25) is 0 Å². The summed E-state index contributed by atoms with van der Waals surface area (Å²) in [5.74, 6) is -0.793. The van der Waals surface area contributed by atoms with E-state index in [0.29, 0.717) is 6.42 Å². The number of rotatable bonds is 7. The minimum Gasteiger partial charge on any atom is -0.444 e. The molecule has 1 aromatic carbocycles. The van der Waals surface area contributed by atoms with Crippen LogP contribution >= 0.6 is 0 Å². The summed E-state index contributed by atoms with van der Waals surface area (Å²) in [6, 6.07) is 7.49. The van der Waals surface area contributed by atoms with E-state index in [1.165, 1.54) is 0 Å². The summed E-state index contributed by atoms with van der Waals surface area (Å²) >= 11 is 0. The van der Waals surface area contributed by atoms with E-state index in [-0.39, 0.29) is 23.7 Å². The molecule has 1 rings (SSSR count). The van der Waals surface area contributed by atoms with Crippen LogP contribution in [0, 0.1) is 17.2 Å². The van der Waals surface area contributed by atoms with Gasteiger partial charge in [-0.2, -0.15) is 5.26 Å². The van der Waals surface area contributed by atoms with Crippen molar-refractivity contribution in [3.63, 3.8) is 0 Å². The third-order valence-electron chi connectivity index (χ3n) is 3.48. The van der Waals surface area contributed by atoms with Crippen molar-refractivity contribution in [1.82, 2.24) is 10.6 Å². The van der Waals surface area contributed by atoms with Crippen molar-refractivity contribution in [2.45, 2.75) is 52.7 Å². The standard InChI is InChI=1S/C20H28N4O4/c1-13(2)12-16(18(26)22-11-10-21)23-17(25)14-8-6-7-9-15(14)24-19(27)28-20(3,4)5/h6-9,13,16H,11-12H2,1-5H3,(H,22,26)(H,23,25)(H,24,27)/t16-/m0/s1. The number of amides is 3. The van der Waals surface area contributed by atoms with Crippen LogP contribution in [-0.2, 0) is 9.53 Å². The molecule has 0 saturated carbocycles. The van der Waals surface area contributed by atoms with Gasteiger partial charge in [-0.25, -0.2) is 4.79 Å². The topological polar surface area (TPSA) is 120 Å². The molecule has 0 aromatic heterocycles. The summed E-state index contributed by atoms with van der Waals surface area (Å²) < 4.78 is 5.22. The number of ether oxygens (including phenoxy) is 1. The van der Waals surface area contributed by atoms with E-state index in [1.807, 2.05) is 19.9 Å². The van der Waals surface area contributed by atoms with Crippen molar-refractivity contribution in [2.24, 2.45) is 5.92 Å². The number of anilines is 1. The number of nitriles is 1. The number of nitrogens with one attached hydrogen (secondary N) is 3. The molecule has 28 heavy (non-hydrogen) atoms. The third kappa shape index (κ3) is 8.08. The summed E-state index contributed by atoms with van der Waals surface area (Å²) in [5.41, 5.74) is -0.201. The van der Waals surface area contributed by atoms with Gasteiger partial charge in [0.2, 0.25) is 5.91 Å². The maximum atomic E-state index is 12.8. The number of benzene rings is 1. The summed E-state index contributed by atoms with van der Waals surface area (Å²) in [5, 5.41) is 16.3. The van der Waals surface area contributed by atoms with Crippen molar-refractivity contribution in [3.8, 4) is 6.07 Å². The zero-order valence-electron chi connectivity index (χ0n) is 17.0. The van der Waals surface area contributed by atoms with Gasteiger partial charge in [-0.05, 0) is 45.2 Å². The van der Waals surface area contributed by atoms with Crippen molar-refractivity contribution in [2.75, 3.05) is 11.9 Å². The Morgan fingerprint density at radius 2 is 1.82 bits per heavy atom. The van der Waals surface area contributed by atoms with E-state index in [1.54, 1.807) is 45.0 Å². The second-order valence-corrected chi connectivity index (χ2v) is 7.70. The minimum atomic E-state index is -0.796. The van der Waals surface area contributed by atoms with E-state index < -0.39 is 29.6 Å². The molecule has 1 aromatic rings. The number of hydrogen-bond donors (Lipinski definition) is 3. The molecular weight excluding hydrogens is 360 g/mol. The molecule has 0 unspecified atom stereocenters. The van der Waals surface area contributed by atoms with Crippen molar-refractivity contribution >= 4 is 23.6 Å². The van der Waals surface area contributed by atoms with E-state index in [2.05, 4.69) is 16.0 Å². The Labute approximate surface area is 165 Å². The quantitative estimate of drug-likeness (QED) is 0.620. The Bertz CT molecular complexity index is 747. The van der Waals surface area contributed by atoms with Crippen LogP contribution in [0.15, 0.2) is 24.3 Å². The normalized spacial score (nSPS) is 11.9. The molecule has 0 aliphatic heterocycles. The first-order chi connectivity index (χ1) is 13.0. The summed E-state index contributed by atoms with van der Waals surface area (Å²) in [7, 11) is 0. The van der Waals surface area contributed by atoms with Crippen LogP contribution in [0.4, 0.5) is 10.5 Å². The number of nitrogens with zero attached hydrogens (tertiary/aromatic N) is 1. The lowest BCUT2D eigenvalue weighted by atomic mass is 10.0. The van der Waals surface area contributed by atoms with Gasteiger partial charge < -0.3 is 15.4 Å². The molecule has 0 heterocycles. The first-order valence-corrected chi connectivity index (χ1v) is 9.08. The van der Waals surface area contributed by atoms with Crippen LogP contribution in [0.25, 0.3) is 0 Å². The van der Waals surface area contributed by atoms with Gasteiger partial charge in [-0.15, -0.1) is 0 Å². The lowest BCUT2D eigenvalue weighted by Crippen LogP contribution is -2.47. The van der Waals surface area contributed by atoms with Crippen molar-refractivity contribution in [3.05, 3.63) is 29.8 Å². The van der Waals surface area contributed by atoms with Gasteiger partial charge >= 0.3 is 6.09 Å². The van der Waals surface area contributed by atoms with Gasteiger partial charge in [0.1, 0.15) is 18.2 Å². The van der Waals surface area contributed by atoms with Gasteiger partial charge in [-0.1, -0.05) is 26.0 Å². The van der Waals surface area contributed by atoms with E-state index in [9.17, 15) is 14.4 Å². The number of para-hydroxylation sites is 1. The second-order valence-electron chi connectivity index (χ2n) is 7.70. The molecule has 0 fully saturated rings. The fourth-order valence-corrected chi connectivity index (χ4v) is 2.39. The van der Waals surface area contributed by atoms with Crippen LogP contribution in [0.5, 0.6) is 0 Å². The first kappa shape index (κ1) is 23.0. The summed E-state index contributed by atoms with van der Waals surface area (Å²) in [6.07, 6.45) is -0.275. The SMILES string of the molecule is CC(C)C[C@H](NC(=O)c1ccccc1NC(=O)OC(C)(C)C)C(=O)NCC#N. The van der Waals surface area contributed by atoms with Crippen LogP contribution in [0.1, 0.15) is 51.4 Å². The molecule has 0 radical (unpaired) electrons. The molecule has 152 valence electrons. The van der Waals surface area contributed by atoms with Gasteiger partial charge in [0.25, 0.3) is 5.91 Å². The summed E-state index contributed by atoms with van der Waals surface area (Å²) in [4.78, 5) is 37.0. The maximum absolute atomic E-state index is 12.8. The molecule has 1 atom stereocenters. The highest BCUT2D eigenvalue weighted by Gasteiger charge is 2.24. The van der Waals surface area contributed by atoms with Crippen LogP contribution in [-0.4, -0.2) is 36.1 Å². The Morgan fingerprint density at radius 3 is 2.39 bits per heavy atom. The highest BCUT2D eigenvalue weighted by atomic mass is 16.6. The Morgan fingerprint density at radius 1 is 1.18 bits per heavy atom. The molecule has 0 aliphatic rings. The smallest absolute Gasteiger partial charge is 0.412 e. The fourth-order valence-electron chi connectivity index (χ4n) is 2.39. The monoisotopic (exact) mass is 388 g/mol. The molecule has 3 N–H and O–H groups in total. The van der Waals surface area contributed by atoms with E-state index >= 15 is 0 Å². The van der Waals surface area contributed by atoms with Crippen LogP contribution in [0.3, 0.4) is 0 Å². The molecular formula is C20H28N4O4. The second kappa shape index (κ2) is 10.3. The molecule has 8 heteroatoms. The average molecular weight is 388 g/mol. The fraction of sp³-hybridized carbons (Fsp3) is 0.500. The highest BCUT2D eigenvalue weighted by molar-refractivity contribution is 6.04. The molecule has 8 nitrogen and oxygen atoms in total. The third-order valence-corrected chi connectivity index (χ3v) is 3.48. The summed E-state index contributed by atoms with van der Waals surface area (Å²) in [6.45, 7) is 8.92. The predicted octanol–water partition coefficient (Wildman–Crippen LogP) is 2.82. The first-order valence-electron chi connectivity index (χ1n) is 9.08. The number of carbonyl (C=O) groups excluding carboxylic acids is 3. The lowest BCUT2D eigenvalue weighted by molar-refractivity contribution is -0.123. The van der Waals surface area contributed by atoms with Crippen LogP contribution < -0.4 is 16.0 Å². The van der Waals surface area contributed by atoms with E-state index in [4.69, 9.17) is 10.00 Å². The lowest BCUT2D eigenvalue weighted by Gasteiger charge is -2.22. The zero-order chi connectivity index (χ0) is 21.3. The van der Waals surface area contributed by atoms with Crippen molar-refractivity contribution < 1.29 is 19.1 Å². The molecule has 0 aliphatic carbocycles. The number of hydrogen-bond acceptors (Lipinski definition) is 5. The Balaban J connectivity index is 2.96. The van der Waals surface area contributed by atoms with Gasteiger partial charge in [0.15, 0.2) is 0 Å². The molecule has 3 amide bonds. The largest absolute Gasteiger partial charge is 0.444 e.